The molecule has 3 N–H and O–H groups in total. The van der Waals surface area contributed by atoms with Gasteiger partial charge in [0, 0.05) is 24.2 Å². The molecule has 0 bridgehead atoms. The molecule has 0 radical (unpaired) electrons. The van der Waals surface area contributed by atoms with Crippen LogP contribution >= 0.6 is 0 Å². The summed E-state index contributed by atoms with van der Waals surface area (Å²) in [6.45, 7) is 10.4. The minimum absolute atomic E-state index is 0.197. The molecule has 1 unspecified atom stereocenters. The van der Waals surface area contributed by atoms with Crippen molar-refractivity contribution in [3.8, 4) is 5.75 Å². The van der Waals surface area contributed by atoms with E-state index in [1.807, 2.05) is 27.7 Å². The van der Waals surface area contributed by atoms with E-state index in [9.17, 15) is 19.4 Å². The fourth-order valence-electron chi connectivity index (χ4n) is 4.33. The number of phenolic OH excluding ortho intramolecular Hbond substituents is 1. The van der Waals surface area contributed by atoms with Crippen LogP contribution in [-0.4, -0.2) is 34.9 Å². The van der Waals surface area contributed by atoms with E-state index >= 15 is 0 Å². The highest BCUT2D eigenvalue weighted by atomic mass is 19.1. The second-order valence-electron chi connectivity index (χ2n) is 9.46. The lowest BCUT2D eigenvalue weighted by Gasteiger charge is -2.42. The molecule has 0 saturated heterocycles. The monoisotopic (exact) mass is 458 g/mol. The van der Waals surface area contributed by atoms with Crippen LogP contribution in [-0.2, 0) is 10.3 Å². The van der Waals surface area contributed by atoms with Crippen LogP contribution in [0.1, 0.15) is 69.8 Å². The number of β-amino-alcohol motifs (C(OH)–C–C–N with tert-alkyl or cyclic N) is 1. The van der Waals surface area contributed by atoms with Crippen molar-refractivity contribution in [1.29, 1.82) is 0 Å². The zero-order valence-corrected chi connectivity index (χ0v) is 20.1. The van der Waals surface area contributed by atoms with Crippen LogP contribution in [0.15, 0.2) is 36.4 Å². The number of cyclic esters (lactones) is 1. The summed E-state index contributed by atoms with van der Waals surface area (Å²) in [7, 11) is 0. The van der Waals surface area contributed by atoms with E-state index < -0.39 is 23.3 Å². The van der Waals surface area contributed by atoms with Gasteiger partial charge in [-0.1, -0.05) is 19.9 Å². The SMILES string of the molecule is CCC1(CC)OC(=O)N(CCC(C)(C)NCC(O)c2ccc(O)c(C)c2)c2ccc(F)cc21. The largest absolute Gasteiger partial charge is 0.508 e. The number of nitrogens with zero attached hydrogens (tertiary/aromatic N) is 1. The van der Waals surface area contributed by atoms with E-state index in [1.165, 1.54) is 12.1 Å². The molecule has 0 saturated carbocycles. The average molecular weight is 459 g/mol. The first kappa shape index (κ1) is 25.0. The maximum Gasteiger partial charge on any atom is 0.415 e. The number of carbonyl (C=O) groups excluding carboxylic acids is 1. The lowest BCUT2D eigenvalue weighted by molar-refractivity contribution is -0.00159. The van der Waals surface area contributed by atoms with E-state index in [-0.39, 0.29) is 11.6 Å². The Balaban J connectivity index is 1.70. The van der Waals surface area contributed by atoms with Gasteiger partial charge >= 0.3 is 6.09 Å². The summed E-state index contributed by atoms with van der Waals surface area (Å²) in [4.78, 5) is 14.5. The predicted molar refractivity (Wildman–Crippen MR) is 127 cm³/mol. The Kier molecular flexibility index (Phi) is 7.34. The summed E-state index contributed by atoms with van der Waals surface area (Å²) in [5.41, 5.74) is 1.62. The van der Waals surface area contributed by atoms with Crippen LogP contribution in [0.2, 0.25) is 0 Å². The van der Waals surface area contributed by atoms with Gasteiger partial charge in [-0.15, -0.1) is 0 Å². The molecular formula is C26H35FN2O4. The Morgan fingerprint density at radius 2 is 1.88 bits per heavy atom. The van der Waals surface area contributed by atoms with Gasteiger partial charge in [-0.2, -0.15) is 0 Å². The number of ether oxygens (including phenoxy) is 1. The lowest BCUT2D eigenvalue weighted by Crippen LogP contribution is -2.49. The van der Waals surface area contributed by atoms with Crippen molar-refractivity contribution in [2.45, 2.75) is 71.1 Å². The third kappa shape index (κ3) is 5.31. The summed E-state index contributed by atoms with van der Waals surface area (Å²) in [6, 6.07) is 9.55. The van der Waals surface area contributed by atoms with Crippen LogP contribution < -0.4 is 10.2 Å². The maximum atomic E-state index is 14.1. The summed E-state index contributed by atoms with van der Waals surface area (Å²) in [6.07, 6.45) is 0.573. The van der Waals surface area contributed by atoms with Gasteiger partial charge in [0.05, 0.1) is 11.8 Å². The molecule has 180 valence electrons. The van der Waals surface area contributed by atoms with Crippen molar-refractivity contribution in [2.75, 3.05) is 18.0 Å². The third-order valence-corrected chi connectivity index (χ3v) is 6.73. The average Bonchev–Trinajstić information content (AvgIpc) is 2.78. The van der Waals surface area contributed by atoms with Crippen molar-refractivity contribution < 1.29 is 24.1 Å². The number of aliphatic hydroxyl groups excluding tert-OH is 1. The predicted octanol–water partition coefficient (Wildman–Crippen LogP) is 5.30. The molecule has 1 heterocycles. The Hall–Kier alpha value is -2.64. The van der Waals surface area contributed by atoms with E-state index in [2.05, 4.69) is 5.32 Å². The van der Waals surface area contributed by atoms with Crippen molar-refractivity contribution in [2.24, 2.45) is 0 Å². The quantitative estimate of drug-likeness (QED) is 0.475. The Labute approximate surface area is 195 Å². The standard InChI is InChI=1S/C26H35FN2O4/c1-6-26(7-2)20-15-19(27)9-10-21(20)29(24(32)33-26)13-12-25(4,5)28-16-23(31)18-8-11-22(30)17(3)14-18/h8-11,14-15,23,28,30-31H,6-7,12-13,16H2,1-5H3. The number of benzene rings is 2. The zero-order valence-electron chi connectivity index (χ0n) is 20.1. The first-order chi connectivity index (χ1) is 15.5. The van der Waals surface area contributed by atoms with Crippen molar-refractivity contribution in [1.82, 2.24) is 5.32 Å². The molecule has 33 heavy (non-hydrogen) atoms. The number of phenols is 1. The minimum atomic E-state index is -0.814. The normalized spacial score (nSPS) is 16.3. The zero-order chi connectivity index (χ0) is 24.4. The molecule has 6 nitrogen and oxygen atoms in total. The number of anilines is 1. The third-order valence-electron chi connectivity index (χ3n) is 6.73. The summed E-state index contributed by atoms with van der Waals surface area (Å²) in [5, 5.41) is 23.6. The molecule has 0 aliphatic carbocycles. The highest BCUT2D eigenvalue weighted by Crippen LogP contribution is 2.44. The number of amides is 1. The number of carbonyl (C=O) groups is 1. The summed E-state index contributed by atoms with van der Waals surface area (Å²) < 4.78 is 19.9. The summed E-state index contributed by atoms with van der Waals surface area (Å²) in [5.74, 6) is -0.152. The molecule has 0 fully saturated rings. The number of aliphatic hydroxyl groups is 1. The van der Waals surface area contributed by atoms with Gasteiger partial charge in [0.15, 0.2) is 0 Å². The van der Waals surface area contributed by atoms with E-state index in [0.29, 0.717) is 49.2 Å². The topological polar surface area (TPSA) is 82.0 Å². The van der Waals surface area contributed by atoms with Gasteiger partial charge in [-0.05, 0) is 81.5 Å². The first-order valence-electron chi connectivity index (χ1n) is 11.5. The van der Waals surface area contributed by atoms with Gasteiger partial charge < -0.3 is 20.3 Å². The first-order valence-corrected chi connectivity index (χ1v) is 11.5. The van der Waals surface area contributed by atoms with E-state index in [0.717, 1.165) is 5.56 Å². The Bertz CT molecular complexity index is 1000. The molecule has 1 amide bonds. The van der Waals surface area contributed by atoms with Gasteiger partial charge in [-0.3, -0.25) is 4.90 Å². The number of halogens is 1. The number of aromatic hydroxyl groups is 1. The van der Waals surface area contributed by atoms with Crippen LogP contribution in [0.5, 0.6) is 5.75 Å². The molecule has 2 aromatic carbocycles. The smallest absolute Gasteiger partial charge is 0.415 e. The van der Waals surface area contributed by atoms with Gasteiger partial charge in [0.1, 0.15) is 17.2 Å². The number of hydrogen-bond acceptors (Lipinski definition) is 5. The van der Waals surface area contributed by atoms with Gasteiger partial charge in [0.25, 0.3) is 0 Å². The molecule has 3 rings (SSSR count). The van der Waals surface area contributed by atoms with Gasteiger partial charge in [0.2, 0.25) is 0 Å². The second-order valence-corrected chi connectivity index (χ2v) is 9.46. The van der Waals surface area contributed by atoms with Crippen LogP contribution in [0.4, 0.5) is 14.9 Å². The fourth-order valence-corrected chi connectivity index (χ4v) is 4.33. The Morgan fingerprint density at radius 1 is 1.18 bits per heavy atom. The molecule has 1 aliphatic heterocycles. The maximum absolute atomic E-state index is 14.1. The Morgan fingerprint density at radius 3 is 2.52 bits per heavy atom. The summed E-state index contributed by atoms with van der Waals surface area (Å²) >= 11 is 0. The van der Waals surface area contributed by atoms with Crippen molar-refractivity contribution in [3.63, 3.8) is 0 Å². The lowest BCUT2D eigenvalue weighted by atomic mass is 9.85. The number of fused-ring (bicyclic) bond motifs is 1. The minimum Gasteiger partial charge on any atom is -0.508 e. The second kappa shape index (κ2) is 9.69. The molecule has 0 aromatic heterocycles. The van der Waals surface area contributed by atoms with Crippen LogP contribution in [0.3, 0.4) is 0 Å². The number of aryl methyl sites for hydroxylation is 1. The highest BCUT2D eigenvalue weighted by Gasteiger charge is 2.43. The molecule has 1 aliphatic rings. The van der Waals surface area contributed by atoms with E-state index in [4.69, 9.17) is 4.74 Å². The molecule has 1 atom stereocenters. The van der Waals surface area contributed by atoms with Crippen molar-refractivity contribution >= 4 is 11.8 Å². The number of rotatable bonds is 9. The molecule has 0 spiro atoms. The number of hydrogen-bond donors (Lipinski definition) is 3. The molecule has 7 heteroatoms. The molecular weight excluding hydrogens is 423 g/mol. The van der Waals surface area contributed by atoms with Gasteiger partial charge in [-0.25, -0.2) is 9.18 Å². The van der Waals surface area contributed by atoms with Crippen LogP contribution in [0.25, 0.3) is 0 Å². The van der Waals surface area contributed by atoms with Crippen molar-refractivity contribution in [3.05, 3.63) is 58.9 Å². The van der Waals surface area contributed by atoms with Crippen LogP contribution in [0, 0.1) is 12.7 Å². The highest BCUT2D eigenvalue weighted by molar-refractivity contribution is 5.91. The van der Waals surface area contributed by atoms with E-state index in [1.54, 1.807) is 36.1 Å². The fraction of sp³-hybridized carbons (Fsp3) is 0.500. The number of nitrogens with one attached hydrogen (secondary N) is 1. The molecule has 2 aromatic rings.